The molecule has 0 spiro atoms. The van der Waals surface area contributed by atoms with Crippen molar-refractivity contribution in [2.75, 3.05) is 32.1 Å². The van der Waals surface area contributed by atoms with Crippen LogP contribution in [0.5, 0.6) is 0 Å². The summed E-state index contributed by atoms with van der Waals surface area (Å²) in [6.07, 6.45) is 0.913. The quantitative estimate of drug-likeness (QED) is 0.433. The summed E-state index contributed by atoms with van der Waals surface area (Å²) in [5.41, 5.74) is 5.33. The highest BCUT2D eigenvalue weighted by Crippen LogP contribution is 2.19. The van der Waals surface area contributed by atoms with Crippen molar-refractivity contribution in [3.05, 3.63) is 0 Å². The maximum absolute atomic E-state index is 10.4. The van der Waals surface area contributed by atoms with Gasteiger partial charge in [0.15, 0.2) is 0 Å². The molecule has 0 radical (unpaired) electrons. The lowest BCUT2D eigenvalue weighted by Gasteiger charge is -2.09. The highest BCUT2D eigenvalue weighted by Gasteiger charge is 2.20. The van der Waals surface area contributed by atoms with Crippen molar-refractivity contribution < 1.29 is 4.79 Å². The number of nitrogens with one attached hydrogen (secondary N) is 1. The topological polar surface area (TPSA) is 58.4 Å². The summed E-state index contributed by atoms with van der Waals surface area (Å²) in [5.74, 6) is 0.832. The molecule has 1 rings (SSSR count). The van der Waals surface area contributed by atoms with Crippen LogP contribution in [0.4, 0.5) is 0 Å². The Balaban J connectivity index is 2.06. The molecule has 1 saturated heterocycles. The summed E-state index contributed by atoms with van der Waals surface area (Å²) in [7, 11) is 0. The van der Waals surface area contributed by atoms with Gasteiger partial charge in [-0.2, -0.15) is 0 Å². The third-order valence-corrected chi connectivity index (χ3v) is 3.02. The Labute approximate surface area is 76.9 Å². The van der Waals surface area contributed by atoms with Crippen molar-refractivity contribution in [1.82, 2.24) is 10.2 Å². The molecule has 0 bridgehead atoms. The molecular weight excluding hydrogens is 174 g/mol. The number of nitrogens with zero attached hydrogens (tertiary/aromatic N) is 1. The summed E-state index contributed by atoms with van der Waals surface area (Å²) in [6.45, 7) is 3.35. The zero-order valence-electron chi connectivity index (χ0n) is 7.03. The van der Waals surface area contributed by atoms with Gasteiger partial charge in [-0.05, 0) is 0 Å². The van der Waals surface area contributed by atoms with Crippen molar-refractivity contribution >= 4 is 18.2 Å². The van der Waals surface area contributed by atoms with E-state index in [4.69, 9.17) is 5.73 Å². The van der Waals surface area contributed by atoms with Gasteiger partial charge in [-0.15, -0.1) is 11.8 Å². The van der Waals surface area contributed by atoms with E-state index in [1.807, 2.05) is 11.8 Å². The fourth-order valence-corrected chi connectivity index (χ4v) is 2.23. The van der Waals surface area contributed by atoms with E-state index in [1.165, 1.54) is 0 Å². The predicted molar refractivity (Wildman–Crippen MR) is 50.9 cm³/mol. The third kappa shape index (κ3) is 3.00. The van der Waals surface area contributed by atoms with Crippen molar-refractivity contribution in [2.24, 2.45) is 5.73 Å². The van der Waals surface area contributed by atoms with Gasteiger partial charge in [-0.3, -0.25) is 4.79 Å². The second-order valence-electron chi connectivity index (χ2n) is 2.79. The number of rotatable bonds is 5. The van der Waals surface area contributed by atoms with Crippen LogP contribution in [-0.4, -0.2) is 48.6 Å². The lowest BCUT2D eigenvalue weighted by molar-refractivity contribution is -0.116. The van der Waals surface area contributed by atoms with Gasteiger partial charge in [0.25, 0.3) is 0 Å². The highest BCUT2D eigenvalue weighted by atomic mass is 32.2. The SMILES string of the molecule is NCCNCC1CN(C=O)CS1. The van der Waals surface area contributed by atoms with Crippen molar-refractivity contribution in [3.63, 3.8) is 0 Å². The average Bonchev–Trinajstić information content (AvgIpc) is 2.53. The van der Waals surface area contributed by atoms with E-state index in [0.29, 0.717) is 11.8 Å². The maximum Gasteiger partial charge on any atom is 0.210 e. The van der Waals surface area contributed by atoms with E-state index in [9.17, 15) is 4.79 Å². The Bertz CT molecular complexity index is 145. The first-order valence-corrected chi connectivity index (χ1v) is 5.13. The van der Waals surface area contributed by atoms with Crippen LogP contribution in [0.2, 0.25) is 0 Å². The van der Waals surface area contributed by atoms with Crippen LogP contribution in [0.3, 0.4) is 0 Å². The Morgan fingerprint density at radius 2 is 2.58 bits per heavy atom. The Kier molecular flexibility index (Phi) is 4.42. The van der Waals surface area contributed by atoms with Gasteiger partial charge in [0.2, 0.25) is 6.41 Å². The maximum atomic E-state index is 10.4. The molecule has 5 heteroatoms. The Hall–Kier alpha value is -0.260. The van der Waals surface area contributed by atoms with E-state index in [1.54, 1.807) is 4.90 Å². The van der Waals surface area contributed by atoms with Crippen molar-refractivity contribution in [2.45, 2.75) is 5.25 Å². The standard InChI is InChI=1S/C7H15N3OS/c8-1-2-9-3-7-4-10(5-11)6-12-7/h5,7,9H,1-4,6,8H2. The molecule has 0 aromatic carbocycles. The van der Waals surface area contributed by atoms with Gasteiger partial charge in [0.05, 0.1) is 5.88 Å². The molecule has 0 saturated carbocycles. The molecule has 1 amide bonds. The summed E-state index contributed by atoms with van der Waals surface area (Å²) < 4.78 is 0. The molecule has 1 aliphatic rings. The first-order valence-electron chi connectivity index (χ1n) is 4.08. The van der Waals surface area contributed by atoms with Crippen LogP contribution in [-0.2, 0) is 4.79 Å². The number of amides is 1. The predicted octanol–water partition coefficient (Wildman–Crippen LogP) is -0.934. The van der Waals surface area contributed by atoms with Gasteiger partial charge in [0.1, 0.15) is 0 Å². The van der Waals surface area contributed by atoms with Crippen LogP contribution < -0.4 is 11.1 Å². The van der Waals surface area contributed by atoms with E-state index in [0.717, 1.165) is 31.9 Å². The van der Waals surface area contributed by atoms with Gasteiger partial charge in [-0.25, -0.2) is 0 Å². The monoisotopic (exact) mass is 189 g/mol. The molecule has 70 valence electrons. The van der Waals surface area contributed by atoms with Crippen LogP contribution >= 0.6 is 11.8 Å². The number of carbonyl (C=O) groups is 1. The minimum atomic E-state index is 0.543. The normalized spacial score (nSPS) is 23.1. The van der Waals surface area contributed by atoms with Gasteiger partial charge >= 0.3 is 0 Å². The van der Waals surface area contributed by atoms with Crippen LogP contribution in [0.1, 0.15) is 0 Å². The number of hydrogen-bond donors (Lipinski definition) is 2. The smallest absolute Gasteiger partial charge is 0.210 e. The number of hydrogen-bond acceptors (Lipinski definition) is 4. The third-order valence-electron chi connectivity index (χ3n) is 1.76. The summed E-state index contributed by atoms with van der Waals surface area (Å²) in [6, 6.07) is 0. The minimum Gasteiger partial charge on any atom is -0.335 e. The molecule has 1 aliphatic heterocycles. The van der Waals surface area contributed by atoms with Crippen molar-refractivity contribution in [1.29, 1.82) is 0 Å². The second-order valence-corrected chi connectivity index (χ2v) is 4.05. The lowest BCUT2D eigenvalue weighted by Crippen LogP contribution is -2.31. The van der Waals surface area contributed by atoms with E-state index < -0.39 is 0 Å². The van der Waals surface area contributed by atoms with E-state index >= 15 is 0 Å². The Morgan fingerprint density at radius 1 is 1.75 bits per heavy atom. The summed E-state index contributed by atoms with van der Waals surface area (Å²) in [5, 5.41) is 3.78. The molecule has 1 atom stereocenters. The number of carbonyl (C=O) groups excluding carboxylic acids is 1. The first kappa shape index (κ1) is 9.83. The molecule has 1 unspecified atom stereocenters. The summed E-state index contributed by atoms with van der Waals surface area (Å²) in [4.78, 5) is 12.1. The Morgan fingerprint density at radius 3 is 3.17 bits per heavy atom. The van der Waals surface area contributed by atoms with Crippen LogP contribution in [0.25, 0.3) is 0 Å². The molecule has 12 heavy (non-hydrogen) atoms. The van der Waals surface area contributed by atoms with Crippen LogP contribution in [0, 0.1) is 0 Å². The van der Waals surface area contributed by atoms with Crippen molar-refractivity contribution in [3.8, 4) is 0 Å². The van der Waals surface area contributed by atoms with E-state index in [-0.39, 0.29) is 0 Å². The number of thioether (sulfide) groups is 1. The zero-order valence-corrected chi connectivity index (χ0v) is 7.85. The van der Waals surface area contributed by atoms with E-state index in [2.05, 4.69) is 5.32 Å². The molecule has 0 aromatic rings. The second kappa shape index (κ2) is 5.40. The molecular formula is C7H15N3OS. The van der Waals surface area contributed by atoms with Gasteiger partial charge in [0, 0.05) is 31.4 Å². The molecule has 0 aliphatic carbocycles. The average molecular weight is 189 g/mol. The molecule has 3 N–H and O–H groups in total. The highest BCUT2D eigenvalue weighted by molar-refractivity contribution is 8.00. The van der Waals surface area contributed by atoms with Gasteiger partial charge in [-0.1, -0.05) is 0 Å². The molecule has 1 heterocycles. The fourth-order valence-electron chi connectivity index (χ4n) is 1.13. The molecule has 4 nitrogen and oxygen atoms in total. The first-order chi connectivity index (χ1) is 5.86. The summed E-state index contributed by atoms with van der Waals surface area (Å²) >= 11 is 1.82. The minimum absolute atomic E-state index is 0.543. The van der Waals surface area contributed by atoms with Gasteiger partial charge < -0.3 is 16.0 Å². The zero-order chi connectivity index (χ0) is 8.81. The largest absolute Gasteiger partial charge is 0.335 e. The molecule has 1 fully saturated rings. The molecule has 0 aromatic heterocycles. The lowest BCUT2D eigenvalue weighted by atomic mass is 10.4. The van der Waals surface area contributed by atoms with Crippen LogP contribution in [0.15, 0.2) is 0 Å². The fraction of sp³-hybridized carbons (Fsp3) is 0.857. The number of nitrogens with two attached hydrogens (primary N) is 1.